The summed E-state index contributed by atoms with van der Waals surface area (Å²) in [6, 6.07) is 15.5. The molecule has 146 valence electrons. The van der Waals surface area contributed by atoms with Crippen LogP contribution >= 0.6 is 22.7 Å². The molecule has 0 aliphatic rings. The predicted octanol–water partition coefficient (Wildman–Crippen LogP) is 5.62. The minimum absolute atomic E-state index is 0.0718. The molecule has 0 amide bonds. The zero-order chi connectivity index (χ0) is 20.7. The van der Waals surface area contributed by atoms with Crippen LogP contribution in [-0.4, -0.2) is 14.9 Å². The van der Waals surface area contributed by atoms with Crippen LogP contribution in [0.4, 0.5) is 5.69 Å². The van der Waals surface area contributed by atoms with E-state index in [-0.39, 0.29) is 16.8 Å². The van der Waals surface area contributed by atoms with Gasteiger partial charge >= 0.3 is 5.63 Å². The molecule has 3 heterocycles. The van der Waals surface area contributed by atoms with E-state index in [1.54, 1.807) is 11.4 Å². The fourth-order valence-electron chi connectivity index (χ4n) is 3.01. The molecule has 7 nitrogen and oxygen atoms in total. The van der Waals surface area contributed by atoms with E-state index in [2.05, 4.69) is 9.97 Å². The standard InChI is InChI=1S/C21H11N3O4S2/c25-21-15(9-13-8-14(24(26)27)6-7-18(13)28-21)17-11-30-20(23-17)19-22-16(10-29-19)12-4-2-1-3-5-12/h1-11H. The van der Waals surface area contributed by atoms with Crippen LogP contribution in [0.2, 0.25) is 0 Å². The number of aromatic nitrogens is 2. The maximum Gasteiger partial charge on any atom is 0.345 e. The van der Waals surface area contributed by atoms with Crippen molar-refractivity contribution in [2.24, 2.45) is 0 Å². The van der Waals surface area contributed by atoms with Gasteiger partial charge in [-0.05, 0) is 12.1 Å². The molecular weight excluding hydrogens is 422 g/mol. The number of nitrogens with zero attached hydrogens (tertiary/aromatic N) is 3. The SMILES string of the molecule is O=c1oc2ccc([N+](=O)[O-])cc2cc1-c1csc(-c2nc(-c3ccccc3)cs2)n1. The highest BCUT2D eigenvalue weighted by molar-refractivity contribution is 7.20. The monoisotopic (exact) mass is 433 g/mol. The van der Waals surface area contributed by atoms with E-state index in [9.17, 15) is 14.9 Å². The number of benzene rings is 2. The molecule has 0 fully saturated rings. The summed E-state index contributed by atoms with van der Waals surface area (Å²) < 4.78 is 5.33. The Labute approximate surface area is 177 Å². The van der Waals surface area contributed by atoms with Gasteiger partial charge in [-0.15, -0.1) is 22.7 Å². The highest BCUT2D eigenvalue weighted by Gasteiger charge is 2.16. The molecule has 0 unspecified atom stereocenters. The van der Waals surface area contributed by atoms with Gasteiger partial charge < -0.3 is 4.42 Å². The Balaban J connectivity index is 1.53. The number of nitro groups is 1. The summed E-state index contributed by atoms with van der Waals surface area (Å²) in [5.74, 6) is 0. The first-order chi connectivity index (χ1) is 14.6. The van der Waals surface area contributed by atoms with Crippen LogP contribution in [0.3, 0.4) is 0 Å². The quantitative estimate of drug-likeness (QED) is 0.207. The summed E-state index contributed by atoms with van der Waals surface area (Å²) in [6.45, 7) is 0. The van der Waals surface area contributed by atoms with Crippen molar-refractivity contribution in [2.75, 3.05) is 0 Å². The van der Waals surface area contributed by atoms with Gasteiger partial charge in [0, 0.05) is 33.8 Å². The Morgan fingerprint density at radius 2 is 1.60 bits per heavy atom. The molecule has 2 aromatic carbocycles. The van der Waals surface area contributed by atoms with Crippen LogP contribution in [0, 0.1) is 10.1 Å². The Bertz CT molecular complexity index is 1450. The summed E-state index contributed by atoms with van der Waals surface area (Å²) in [6.07, 6.45) is 0. The van der Waals surface area contributed by atoms with E-state index in [1.807, 2.05) is 35.7 Å². The molecule has 0 saturated heterocycles. The minimum atomic E-state index is -0.544. The highest BCUT2D eigenvalue weighted by Crippen LogP contribution is 2.33. The zero-order valence-electron chi connectivity index (χ0n) is 15.1. The predicted molar refractivity (Wildman–Crippen MR) is 117 cm³/mol. The van der Waals surface area contributed by atoms with Gasteiger partial charge in [-0.25, -0.2) is 14.8 Å². The molecule has 0 aliphatic heterocycles. The van der Waals surface area contributed by atoms with Gasteiger partial charge in [-0.3, -0.25) is 10.1 Å². The molecule has 5 rings (SSSR count). The van der Waals surface area contributed by atoms with Gasteiger partial charge in [0.1, 0.15) is 5.58 Å². The lowest BCUT2D eigenvalue weighted by atomic mass is 10.1. The van der Waals surface area contributed by atoms with Crippen LogP contribution in [0.15, 0.2) is 74.6 Å². The second-order valence-electron chi connectivity index (χ2n) is 6.37. The van der Waals surface area contributed by atoms with Gasteiger partial charge in [0.05, 0.1) is 21.9 Å². The molecule has 0 aliphatic carbocycles. The van der Waals surface area contributed by atoms with E-state index in [1.165, 1.54) is 40.9 Å². The van der Waals surface area contributed by atoms with Crippen molar-refractivity contribution >= 4 is 39.3 Å². The third kappa shape index (κ3) is 3.30. The number of non-ortho nitro benzene ring substituents is 1. The second kappa shape index (κ2) is 7.29. The molecule has 0 saturated carbocycles. The van der Waals surface area contributed by atoms with Crippen molar-refractivity contribution in [3.63, 3.8) is 0 Å². The maximum atomic E-state index is 12.4. The molecular formula is C21H11N3O4S2. The van der Waals surface area contributed by atoms with Gasteiger partial charge in [-0.2, -0.15) is 0 Å². The average molecular weight is 433 g/mol. The van der Waals surface area contributed by atoms with Crippen molar-refractivity contribution in [1.82, 2.24) is 9.97 Å². The van der Waals surface area contributed by atoms with Crippen molar-refractivity contribution in [2.45, 2.75) is 0 Å². The van der Waals surface area contributed by atoms with Crippen LogP contribution in [0.1, 0.15) is 0 Å². The fourth-order valence-corrected chi connectivity index (χ4v) is 4.71. The normalized spacial score (nSPS) is 11.1. The third-order valence-corrected chi connectivity index (χ3v) is 6.29. The van der Waals surface area contributed by atoms with E-state index in [0.29, 0.717) is 16.1 Å². The molecule has 3 aromatic heterocycles. The minimum Gasteiger partial charge on any atom is -0.422 e. The lowest BCUT2D eigenvalue weighted by Crippen LogP contribution is -2.03. The van der Waals surface area contributed by atoms with E-state index in [0.717, 1.165) is 16.3 Å². The van der Waals surface area contributed by atoms with Gasteiger partial charge in [0.15, 0.2) is 10.0 Å². The molecule has 0 N–H and O–H groups in total. The highest BCUT2D eigenvalue weighted by atomic mass is 32.1. The Hall–Kier alpha value is -3.69. The lowest BCUT2D eigenvalue weighted by molar-refractivity contribution is -0.384. The molecule has 5 aromatic rings. The third-order valence-electron chi connectivity index (χ3n) is 4.46. The van der Waals surface area contributed by atoms with Crippen molar-refractivity contribution in [3.05, 3.63) is 85.9 Å². The number of hydrogen-bond acceptors (Lipinski definition) is 8. The van der Waals surface area contributed by atoms with E-state index in [4.69, 9.17) is 4.42 Å². The first-order valence-electron chi connectivity index (χ1n) is 8.78. The second-order valence-corrected chi connectivity index (χ2v) is 8.08. The summed E-state index contributed by atoms with van der Waals surface area (Å²) in [4.78, 5) is 32.2. The smallest absolute Gasteiger partial charge is 0.345 e. The van der Waals surface area contributed by atoms with Crippen LogP contribution < -0.4 is 5.63 Å². The molecule has 0 atom stereocenters. The van der Waals surface area contributed by atoms with Crippen LogP contribution in [-0.2, 0) is 0 Å². The van der Waals surface area contributed by atoms with Gasteiger partial charge in [0.2, 0.25) is 0 Å². The Morgan fingerprint density at radius 3 is 2.33 bits per heavy atom. The van der Waals surface area contributed by atoms with Gasteiger partial charge in [-0.1, -0.05) is 30.3 Å². The summed E-state index contributed by atoms with van der Waals surface area (Å²) in [7, 11) is 0. The van der Waals surface area contributed by atoms with Crippen molar-refractivity contribution in [1.29, 1.82) is 0 Å². The van der Waals surface area contributed by atoms with Crippen molar-refractivity contribution in [3.8, 4) is 32.5 Å². The number of thiazole rings is 2. The lowest BCUT2D eigenvalue weighted by Gasteiger charge is -2.00. The summed E-state index contributed by atoms with van der Waals surface area (Å²) in [5.41, 5.74) is 2.27. The van der Waals surface area contributed by atoms with Crippen molar-refractivity contribution < 1.29 is 9.34 Å². The first kappa shape index (κ1) is 18.3. The number of fused-ring (bicyclic) bond motifs is 1. The fraction of sp³-hybridized carbons (Fsp3) is 0. The number of rotatable bonds is 4. The molecule has 0 bridgehead atoms. The first-order valence-corrected chi connectivity index (χ1v) is 10.5. The molecule has 0 radical (unpaired) electrons. The van der Waals surface area contributed by atoms with Gasteiger partial charge in [0.25, 0.3) is 5.69 Å². The molecule has 30 heavy (non-hydrogen) atoms. The molecule has 0 spiro atoms. The zero-order valence-corrected chi connectivity index (χ0v) is 16.8. The average Bonchev–Trinajstić information content (AvgIpc) is 3.43. The van der Waals surface area contributed by atoms with E-state index < -0.39 is 10.5 Å². The number of hydrogen-bond donors (Lipinski definition) is 0. The van der Waals surface area contributed by atoms with Crippen LogP contribution in [0.5, 0.6) is 0 Å². The van der Waals surface area contributed by atoms with Crippen LogP contribution in [0.25, 0.3) is 43.5 Å². The Kier molecular flexibility index (Phi) is 4.46. The van der Waals surface area contributed by atoms with E-state index >= 15 is 0 Å². The summed E-state index contributed by atoms with van der Waals surface area (Å²) >= 11 is 2.85. The molecule has 9 heteroatoms. The number of nitro benzene ring substituents is 1. The largest absolute Gasteiger partial charge is 0.422 e. The topological polar surface area (TPSA) is 99.1 Å². The Morgan fingerprint density at radius 1 is 0.900 bits per heavy atom. The summed E-state index contributed by atoms with van der Waals surface area (Å²) in [5, 5.41) is 16.7. The maximum absolute atomic E-state index is 12.4.